The minimum atomic E-state index is -2.50. The van der Waals surface area contributed by atoms with E-state index < -0.39 is 23.3 Å². The smallest absolute Gasteiger partial charge is 0.322 e. The molecule has 0 spiro atoms. The fourth-order valence-corrected chi connectivity index (χ4v) is 1.77. The van der Waals surface area contributed by atoms with Gasteiger partial charge in [0.25, 0.3) is 0 Å². The summed E-state index contributed by atoms with van der Waals surface area (Å²) in [6.07, 6.45) is 0. The normalized spacial score (nSPS) is 16.0. The van der Waals surface area contributed by atoms with Gasteiger partial charge in [-0.3, -0.25) is 9.00 Å². The monoisotopic (exact) mass is 212 g/mol. The molecule has 0 aliphatic heterocycles. The zero-order chi connectivity index (χ0) is 9.72. The summed E-state index contributed by atoms with van der Waals surface area (Å²) in [5, 5.41) is 8.56. The largest absolute Gasteiger partial charge is 0.760 e. The van der Waals surface area contributed by atoms with E-state index in [9.17, 15) is 13.6 Å². The van der Waals surface area contributed by atoms with Gasteiger partial charge in [-0.2, -0.15) is 12.6 Å². The van der Waals surface area contributed by atoms with Crippen molar-refractivity contribution >= 4 is 29.9 Å². The Morgan fingerprint density at radius 3 is 2.42 bits per heavy atom. The van der Waals surface area contributed by atoms with Gasteiger partial charge >= 0.3 is 5.97 Å². The van der Waals surface area contributed by atoms with Gasteiger partial charge in [-0.05, 0) is 0 Å². The Labute approximate surface area is 78.6 Å². The van der Waals surface area contributed by atoms with Gasteiger partial charge in [-0.15, -0.1) is 0 Å². The first-order chi connectivity index (χ1) is 5.54. The summed E-state index contributed by atoms with van der Waals surface area (Å²) in [4.78, 5) is 10.5. The van der Waals surface area contributed by atoms with Gasteiger partial charge in [0.2, 0.25) is 0 Å². The molecule has 0 saturated carbocycles. The van der Waals surface area contributed by atoms with E-state index in [0.29, 0.717) is 0 Å². The van der Waals surface area contributed by atoms with Gasteiger partial charge in [0, 0.05) is 23.6 Å². The molecule has 0 aliphatic carbocycles. The number of hydrogen-bond acceptors (Lipinski definition) is 4. The van der Waals surface area contributed by atoms with Crippen LogP contribution in [0.5, 0.6) is 0 Å². The second-order valence-electron chi connectivity index (χ2n) is 1.99. The first-order valence-electron chi connectivity index (χ1n) is 3.24. The molecule has 0 fully saturated rings. The van der Waals surface area contributed by atoms with E-state index in [1.54, 1.807) is 6.92 Å². The number of carbonyl (C=O) groups is 1. The van der Waals surface area contributed by atoms with Crippen LogP contribution in [0.1, 0.15) is 6.92 Å². The first-order valence-corrected chi connectivity index (χ1v) is 4.90. The van der Waals surface area contributed by atoms with Gasteiger partial charge in [0.05, 0.1) is 0 Å². The molecule has 0 heterocycles. The molecule has 72 valence electrons. The van der Waals surface area contributed by atoms with Crippen molar-refractivity contribution in [2.75, 3.05) is 12.3 Å². The molecule has 0 aliphatic rings. The van der Waals surface area contributed by atoms with E-state index in [1.807, 2.05) is 0 Å². The number of likely N-dealkylation sites (N-methyl/N-ethyl adjacent to an activating group) is 1. The number of hydrogen-bond donors (Lipinski definition) is 2. The Bertz CT molecular complexity index is 166. The molecule has 12 heavy (non-hydrogen) atoms. The van der Waals surface area contributed by atoms with Crippen LogP contribution in [0.4, 0.5) is 0 Å². The zero-order valence-electron chi connectivity index (χ0n) is 6.47. The highest BCUT2D eigenvalue weighted by Crippen LogP contribution is 2.03. The highest BCUT2D eigenvalue weighted by Gasteiger charge is 2.23. The predicted octanol–water partition coefficient (Wildman–Crippen LogP) is -0.515. The molecule has 0 radical (unpaired) electrons. The summed E-state index contributed by atoms with van der Waals surface area (Å²) in [6.45, 7) is 1.70. The van der Waals surface area contributed by atoms with Crippen LogP contribution in [0.15, 0.2) is 0 Å². The number of thiol groups is 1. The van der Waals surface area contributed by atoms with Crippen LogP contribution in [0.2, 0.25) is 0 Å². The van der Waals surface area contributed by atoms with Crippen LogP contribution in [-0.4, -0.2) is 42.5 Å². The van der Waals surface area contributed by atoms with Gasteiger partial charge in [0.15, 0.2) is 0 Å². The molecule has 0 amide bonds. The number of rotatable bonds is 5. The first kappa shape index (κ1) is 11.9. The molecule has 2 unspecified atom stereocenters. The third-order valence-electron chi connectivity index (χ3n) is 1.31. The maximum atomic E-state index is 10.5. The van der Waals surface area contributed by atoms with Crippen molar-refractivity contribution in [3.8, 4) is 0 Å². The maximum absolute atomic E-state index is 10.5. The number of aliphatic carboxylic acids is 1. The van der Waals surface area contributed by atoms with Crippen molar-refractivity contribution in [3.05, 3.63) is 0 Å². The van der Waals surface area contributed by atoms with Crippen LogP contribution >= 0.6 is 12.6 Å². The van der Waals surface area contributed by atoms with E-state index in [4.69, 9.17) is 5.11 Å². The minimum Gasteiger partial charge on any atom is -0.760 e. The fraction of sp³-hybridized carbons (Fsp3) is 0.800. The average Bonchev–Trinajstić information content (AvgIpc) is 1.98. The molecule has 0 aromatic rings. The summed E-state index contributed by atoms with van der Waals surface area (Å²) in [5.74, 6) is -1.21. The summed E-state index contributed by atoms with van der Waals surface area (Å²) in [5.41, 5.74) is 0. The van der Waals surface area contributed by atoms with Gasteiger partial charge in [-0.25, -0.2) is 4.31 Å². The van der Waals surface area contributed by atoms with Crippen LogP contribution in [0, 0.1) is 0 Å². The molecular formula is C5H10NO4S2-. The molecule has 0 bridgehead atoms. The highest BCUT2D eigenvalue weighted by atomic mass is 32.2. The lowest BCUT2D eigenvalue weighted by Crippen LogP contribution is -2.43. The van der Waals surface area contributed by atoms with Crippen molar-refractivity contribution in [2.24, 2.45) is 0 Å². The van der Waals surface area contributed by atoms with Crippen LogP contribution < -0.4 is 0 Å². The molecule has 7 heteroatoms. The summed E-state index contributed by atoms with van der Waals surface area (Å²) in [7, 11) is 0. The molecular weight excluding hydrogens is 202 g/mol. The summed E-state index contributed by atoms with van der Waals surface area (Å²) < 4.78 is 21.8. The quantitative estimate of drug-likeness (QED) is 0.475. The highest BCUT2D eigenvalue weighted by molar-refractivity contribution is 7.80. The minimum absolute atomic E-state index is 0.0306. The van der Waals surface area contributed by atoms with Gasteiger partial charge in [-0.1, -0.05) is 6.92 Å². The summed E-state index contributed by atoms with van der Waals surface area (Å²) in [6, 6.07) is -1.07. The third kappa shape index (κ3) is 3.10. The van der Waals surface area contributed by atoms with Gasteiger partial charge < -0.3 is 9.66 Å². The Morgan fingerprint density at radius 1 is 1.83 bits per heavy atom. The number of carboxylic acid groups (broad SMARTS) is 1. The molecule has 5 nitrogen and oxygen atoms in total. The van der Waals surface area contributed by atoms with E-state index in [0.717, 1.165) is 4.31 Å². The van der Waals surface area contributed by atoms with Gasteiger partial charge in [0.1, 0.15) is 6.04 Å². The van der Waals surface area contributed by atoms with Crippen molar-refractivity contribution in [1.29, 1.82) is 0 Å². The van der Waals surface area contributed by atoms with Crippen molar-refractivity contribution in [1.82, 2.24) is 4.31 Å². The molecule has 2 atom stereocenters. The molecule has 0 aromatic heterocycles. The predicted molar refractivity (Wildman–Crippen MR) is 46.6 cm³/mol. The van der Waals surface area contributed by atoms with Crippen molar-refractivity contribution < 1.29 is 18.7 Å². The number of carboxylic acids is 1. The zero-order valence-corrected chi connectivity index (χ0v) is 8.18. The van der Waals surface area contributed by atoms with Crippen molar-refractivity contribution in [3.63, 3.8) is 0 Å². The SMILES string of the molecule is CCN(C(CS)C(=O)O)S(=O)[O-]. The standard InChI is InChI=1S/C5H11NO4S2/c1-2-6(12(9)10)4(3-11)5(7)8/h4,11H,2-3H2,1H3,(H,7,8)(H,9,10)/p-1. The Hall–Kier alpha value is -0.110. The third-order valence-corrected chi connectivity index (χ3v) is 2.55. The van der Waals surface area contributed by atoms with Crippen LogP contribution in [-0.2, 0) is 16.1 Å². The topological polar surface area (TPSA) is 80.7 Å². The Balaban J connectivity index is 4.44. The average molecular weight is 212 g/mol. The van der Waals surface area contributed by atoms with E-state index >= 15 is 0 Å². The Kier molecular flexibility index (Phi) is 5.47. The second-order valence-corrected chi connectivity index (χ2v) is 3.26. The second kappa shape index (κ2) is 5.52. The molecule has 1 N–H and O–H groups in total. The summed E-state index contributed by atoms with van der Waals surface area (Å²) >= 11 is 1.25. The lowest BCUT2D eigenvalue weighted by molar-refractivity contribution is -0.140. The van der Waals surface area contributed by atoms with Crippen molar-refractivity contribution in [2.45, 2.75) is 13.0 Å². The fourth-order valence-electron chi connectivity index (χ4n) is 0.722. The molecule has 0 saturated heterocycles. The van der Waals surface area contributed by atoms with Crippen LogP contribution in [0.25, 0.3) is 0 Å². The molecule has 0 rings (SSSR count). The van der Waals surface area contributed by atoms with E-state index in [2.05, 4.69) is 12.6 Å². The lowest BCUT2D eigenvalue weighted by atomic mass is 10.3. The number of nitrogens with zero attached hydrogens (tertiary/aromatic N) is 1. The Morgan fingerprint density at radius 2 is 2.33 bits per heavy atom. The molecule has 0 aromatic carbocycles. The van der Waals surface area contributed by atoms with E-state index in [-0.39, 0.29) is 12.3 Å². The lowest BCUT2D eigenvalue weighted by Gasteiger charge is -2.27. The van der Waals surface area contributed by atoms with E-state index in [1.165, 1.54) is 0 Å². The van der Waals surface area contributed by atoms with Crippen LogP contribution in [0.3, 0.4) is 0 Å². The maximum Gasteiger partial charge on any atom is 0.322 e.